The summed E-state index contributed by atoms with van der Waals surface area (Å²) >= 11 is 0. The highest BCUT2D eigenvalue weighted by atomic mass is 19.1. The second-order valence-electron chi connectivity index (χ2n) is 7.71. The van der Waals surface area contributed by atoms with Gasteiger partial charge in [-0.05, 0) is 44.2 Å². The Bertz CT molecular complexity index is 854. The van der Waals surface area contributed by atoms with Crippen molar-refractivity contribution in [3.8, 4) is 11.3 Å². The van der Waals surface area contributed by atoms with Gasteiger partial charge >= 0.3 is 0 Å². The fraction of sp³-hybridized carbons (Fsp3) is 0.500. The van der Waals surface area contributed by atoms with Gasteiger partial charge in [0.25, 0.3) is 0 Å². The molecule has 5 rings (SSSR count). The summed E-state index contributed by atoms with van der Waals surface area (Å²) in [5.74, 6) is 0.883. The van der Waals surface area contributed by atoms with E-state index in [1.54, 1.807) is 6.07 Å². The topological polar surface area (TPSA) is 64.4 Å². The molecule has 136 valence electrons. The van der Waals surface area contributed by atoms with Crippen LogP contribution in [0.2, 0.25) is 0 Å². The lowest BCUT2D eigenvalue weighted by molar-refractivity contribution is -0.129. The molecule has 0 radical (unpaired) electrons. The van der Waals surface area contributed by atoms with Crippen LogP contribution < -0.4 is 5.32 Å². The number of nitrogens with one attached hydrogen (secondary N) is 1. The van der Waals surface area contributed by atoms with Gasteiger partial charge in [0.2, 0.25) is 5.91 Å². The molecule has 1 aromatic heterocycles. The number of piperidine rings is 1. The van der Waals surface area contributed by atoms with Gasteiger partial charge in [-0.2, -0.15) is 0 Å². The molecular weight excluding hydrogens is 335 g/mol. The lowest BCUT2D eigenvalue weighted by Crippen LogP contribution is -2.39. The number of carbonyl (C=O) groups is 1. The number of carbonyl (C=O) groups excluding carboxylic acids is 1. The zero-order chi connectivity index (χ0) is 17.8. The van der Waals surface area contributed by atoms with Crippen LogP contribution in [-0.4, -0.2) is 23.2 Å². The van der Waals surface area contributed by atoms with E-state index in [0.717, 1.165) is 42.6 Å². The monoisotopic (exact) mass is 356 g/mol. The minimum atomic E-state index is -0.304. The van der Waals surface area contributed by atoms with Gasteiger partial charge in [0, 0.05) is 23.1 Å². The second kappa shape index (κ2) is 5.91. The van der Waals surface area contributed by atoms with Crippen LogP contribution in [0.15, 0.2) is 22.7 Å². The number of nitrogens with zero attached hydrogens (tertiary/aromatic N) is 1. The Kier molecular flexibility index (Phi) is 3.64. The number of hydrogen-bond donors (Lipinski definition) is 1. The van der Waals surface area contributed by atoms with Gasteiger partial charge in [-0.25, -0.2) is 4.39 Å². The molecule has 3 atom stereocenters. The quantitative estimate of drug-likeness (QED) is 0.891. The lowest BCUT2D eigenvalue weighted by Gasteiger charge is -2.22. The molecule has 0 unspecified atom stereocenters. The van der Waals surface area contributed by atoms with Gasteiger partial charge in [0.1, 0.15) is 17.3 Å². The summed E-state index contributed by atoms with van der Waals surface area (Å²) in [6.45, 7) is 2.18. The highest BCUT2D eigenvalue weighted by Gasteiger charge is 2.46. The molecule has 26 heavy (non-hydrogen) atoms. The van der Waals surface area contributed by atoms with Gasteiger partial charge in [0.15, 0.2) is 0 Å². The molecule has 2 aliphatic carbocycles. The zero-order valence-corrected chi connectivity index (χ0v) is 14.6. The van der Waals surface area contributed by atoms with Gasteiger partial charge < -0.3 is 14.6 Å². The first-order chi connectivity index (χ1) is 12.6. The van der Waals surface area contributed by atoms with Crippen LogP contribution in [0.1, 0.15) is 48.5 Å². The Morgan fingerprint density at radius 1 is 1.35 bits per heavy atom. The van der Waals surface area contributed by atoms with E-state index in [-0.39, 0.29) is 29.8 Å². The van der Waals surface area contributed by atoms with Crippen molar-refractivity contribution >= 4 is 5.91 Å². The van der Waals surface area contributed by atoms with E-state index in [1.807, 2.05) is 13.0 Å². The highest BCUT2D eigenvalue weighted by molar-refractivity contribution is 5.83. The maximum absolute atomic E-state index is 14.5. The number of benzene rings is 1. The van der Waals surface area contributed by atoms with Crippen LogP contribution in [0.3, 0.4) is 0 Å². The van der Waals surface area contributed by atoms with Gasteiger partial charge in [-0.1, -0.05) is 17.3 Å². The van der Waals surface area contributed by atoms with Crippen LogP contribution >= 0.6 is 0 Å². The van der Waals surface area contributed by atoms with Crippen LogP contribution in [0.25, 0.3) is 11.3 Å². The standard InChI is InChI=1S/C20H21FN2O3/c1-10-3-2-4-15(21)17(10)18-14(19(26-23-18)11-5-6-11)9-25-16-8-12-7-13(16)20(24)22-12/h2-4,11-13,16H,5-9H2,1H3,(H,22,24)/t12-,13+,16+/m0/s1. The van der Waals surface area contributed by atoms with E-state index in [1.165, 1.54) is 6.07 Å². The first-order valence-electron chi connectivity index (χ1n) is 9.27. The predicted octanol–water partition coefficient (Wildman–Crippen LogP) is 3.46. The maximum atomic E-state index is 14.5. The van der Waals surface area contributed by atoms with Crippen molar-refractivity contribution < 1.29 is 18.4 Å². The number of aryl methyl sites for hydroxylation is 1. The number of amides is 1. The lowest BCUT2D eigenvalue weighted by atomic mass is 10.00. The van der Waals surface area contributed by atoms with Crippen molar-refractivity contribution in [2.75, 3.05) is 0 Å². The molecule has 3 aliphatic rings. The number of hydrogen-bond acceptors (Lipinski definition) is 4. The summed E-state index contributed by atoms with van der Waals surface area (Å²) < 4.78 is 26.2. The average Bonchev–Trinajstić information content (AvgIpc) is 3.09. The third-order valence-corrected chi connectivity index (χ3v) is 5.85. The third-order valence-electron chi connectivity index (χ3n) is 5.85. The molecule has 0 spiro atoms. The molecule has 6 heteroatoms. The minimum absolute atomic E-state index is 0.0668. The van der Waals surface area contributed by atoms with E-state index >= 15 is 0 Å². The Labute approximate surface area is 150 Å². The van der Waals surface area contributed by atoms with Crippen LogP contribution in [0.5, 0.6) is 0 Å². The van der Waals surface area contributed by atoms with Crippen LogP contribution in [-0.2, 0) is 16.1 Å². The molecule has 2 aromatic rings. The van der Waals surface area contributed by atoms with Gasteiger partial charge in [0.05, 0.1) is 18.6 Å². The second-order valence-corrected chi connectivity index (χ2v) is 7.71. The largest absolute Gasteiger partial charge is 0.372 e. The van der Waals surface area contributed by atoms with Gasteiger partial charge in [-0.3, -0.25) is 4.79 Å². The summed E-state index contributed by atoms with van der Waals surface area (Å²) in [7, 11) is 0. The van der Waals surface area contributed by atoms with Crippen LogP contribution in [0, 0.1) is 18.7 Å². The summed E-state index contributed by atoms with van der Waals surface area (Å²) in [5, 5.41) is 7.17. The fourth-order valence-corrected chi connectivity index (χ4v) is 4.33. The van der Waals surface area contributed by atoms with Crippen molar-refractivity contribution in [3.63, 3.8) is 0 Å². The van der Waals surface area contributed by atoms with Gasteiger partial charge in [-0.15, -0.1) is 0 Å². The van der Waals surface area contributed by atoms with E-state index in [0.29, 0.717) is 23.8 Å². The molecular formula is C20H21FN2O3. The molecule has 1 aromatic carbocycles. The first-order valence-corrected chi connectivity index (χ1v) is 9.27. The normalized spacial score (nSPS) is 27.2. The molecule has 2 saturated carbocycles. The summed E-state index contributed by atoms with van der Waals surface area (Å²) in [4.78, 5) is 11.9. The average molecular weight is 356 g/mol. The number of aromatic nitrogens is 1. The van der Waals surface area contributed by atoms with Crippen molar-refractivity contribution in [2.24, 2.45) is 5.92 Å². The smallest absolute Gasteiger partial charge is 0.226 e. The van der Waals surface area contributed by atoms with E-state index < -0.39 is 0 Å². The number of rotatable bonds is 5. The van der Waals surface area contributed by atoms with Crippen molar-refractivity contribution in [1.29, 1.82) is 0 Å². The van der Waals surface area contributed by atoms with Crippen molar-refractivity contribution in [2.45, 2.75) is 57.3 Å². The van der Waals surface area contributed by atoms with Crippen molar-refractivity contribution in [3.05, 3.63) is 40.9 Å². The zero-order valence-electron chi connectivity index (χ0n) is 14.6. The molecule has 1 saturated heterocycles. The fourth-order valence-electron chi connectivity index (χ4n) is 4.33. The molecule has 3 fully saturated rings. The molecule has 5 nitrogen and oxygen atoms in total. The third kappa shape index (κ3) is 2.55. The molecule has 2 heterocycles. The number of fused-ring (bicyclic) bond motifs is 2. The Morgan fingerprint density at radius 3 is 2.88 bits per heavy atom. The maximum Gasteiger partial charge on any atom is 0.226 e. The molecule has 1 amide bonds. The molecule has 1 aliphatic heterocycles. The Balaban J connectivity index is 1.46. The van der Waals surface area contributed by atoms with E-state index in [9.17, 15) is 9.18 Å². The molecule has 2 bridgehead atoms. The van der Waals surface area contributed by atoms with Crippen molar-refractivity contribution in [1.82, 2.24) is 10.5 Å². The Hall–Kier alpha value is -2.21. The summed E-state index contributed by atoms with van der Waals surface area (Å²) in [6.07, 6.45) is 3.74. The Morgan fingerprint density at radius 2 is 2.19 bits per heavy atom. The summed E-state index contributed by atoms with van der Waals surface area (Å²) in [5.41, 5.74) is 2.67. The number of halogens is 1. The predicted molar refractivity (Wildman–Crippen MR) is 91.8 cm³/mol. The SMILES string of the molecule is Cc1cccc(F)c1-c1noc(C2CC2)c1CO[C@@H]1C[C@@H]2C[C@H]1C(=O)N2. The minimum Gasteiger partial charge on any atom is -0.372 e. The number of ether oxygens (including phenoxy) is 1. The first kappa shape index (κ1) is 16.0. The summed E-state index contributed by atoms with van der Waals surface area (Å²) in [6, 6.07) is 5.24. The van der Waals surface area contributed by atoms with E-state index in [4.69, 9.17) is 9.26 Å². The van der Waals surface area contributed by atoms with E-state index in [2.05, 4.69) is 10.5 Å². The highest BCUT2D eigenvalue weighted by Crippen LogP contribution is 2.45. The van der Waals surface area contributed by atoms with Crippen LogP contribution in [0.4, 0.5) is 4.39 Å². The molecule has 1 N–H and O–H groups in total.